The van der Waals surface area contributed by atoms with E-state index in [1.165, 1.54) is 6.07 Å². The Morgan fingerprint density at radius 1 is 1.04 bits per heavy atom. The van der Waals surface area contributed by atoms with Crippen LogP contribution in [0.3, 0.4) is 0 Å². The molecule has 2 aromatic carbocycles. The third kappa shape index (κ3) is 5.93. The van der Waals surface area contributed by atoms with Crippen molar-refractivity contribution in [1.29, 1.82) is 0 Å². The summed E-state index contributed by atoms with van der Waals surface area (Å²) >= 11 is -0.556. The summed E-state index contributed by atoms with van der Waals surface area (Å²) in [6, 6.07) is 7.72. The molecule has 130 valence electrons. The molecule has 1 atom stereocenters. The van der Waals surface area contributed by atoms with Crippen LogP contribution < -0.4 is 10.6 Å². The minimum atomic E-state index is -4.39. The normalized spacial score (nSPS) is 11.3. The van der Waals surface area contributed by atoms with Crippen LogP contribution in [-0.4, -0.2) is 5.11 Å². The van der Waals surface area contributed by atoms with E-state index in [0.29, 0.717) is 16.4 Å². The van der Waals surface area contributed by atoms with E-state index in [-0.39, 0.29) is 19.6 Å². The summed E-state index contributed by atoms with van der Waals surface area (Å²) in [6.45, 7) is 5.28. The second kappa shape index (κ2) is 9.45. The second-order valence-corrected chi connectivity index (χ2v) is 9.04. The van der Waals surface area contributed by atoms with Gasteiger partial charge in [-0.05, 0) is 54.9 Å². The average molecular weight is 431 g/mol. The Labute approximate surface area is 158 Å². The van der Waals surface area contributed by atoms with E-state index in [9.17, 15) is 18.3 Å². The van der Waals surface area contributed by atoms with Crippen LogP contribution in [0.15, 0.2) is 30.3 Å². The van der Waals surface area contributed by atoms with Gasteiger partial charge in [-0.1, -0.05) is 26.8 Å². The van der Waals surface area contributed by atoms with E-state index >= 15 is 0 Å². The summed E-state index contributed by atoms with van der Waals surface area (Å²) in [4.78, 5) is 0. The molecule has 0 radical (unpaired) electrons. The van der Waals surface area contributed by atoms with Crippen molar-refractivity contribution in [1.82, 2.24) is 0 Å². The van der Waals surface area contributed by atoms with Gasteiger partial charge >= 0.3 is 41.8 Å². The van der Waals surface area contributed by atoms with Gasteiger partial charge in [0.15, 0.2) is 0 Å². The summed E-state index contributed by atoms with van der Waals surface area (Å²) in [5.74, 6) is 0.0790. The number of hydrogen-bond acceptors (Lipinski definition) is 1. The molecule has 0 fully saturated rings. The average Bonchev–Trinajstić information content (AvgIpc) is 2.46. The van der Waals surface area contributed by atoms with Gasteiger partial charge in [0, 0.05) is 5.30 Å². The summed E-state index contributed by atoms with van der Waals surface area (Å²) < 4.78 is 39.4. The van der Waals surface area contributed by atoms with Gasteiger partial charge in [-0.2, -0.15) is 13.2 Å². The van der Waals surface area contributed by atoms with Crippen molar-refractivity contribution in [2.75, 3.05) is 0 Å². The number of aromatic hydroxyl groups is 1. The molecule has 8 heteroatoms. The fraction of sp³-hybridized carbons (Fsp3) is 0.250. The van der Waals surface area contributed by atoms with Crippen LogP contribution in [0, 0.1) is 20.8 Å². The van der Waals surface area contributed by atoms with Crippen LogP contribution >= 0.6 is 27.2 Å². The molecule has 0 bridgehead atoms. The number of hydrogen-bond donors (Lipinski definition) is 1. The first-order valence-electron chi connectivity index (χ1n) is 6.82. The zero-order chi connectivity index (χ0) is 18.5. The third-order valence-electron chi connectivity index (χ3n) is 3.28. The van der Waals surface area contributed by atoms with E-state index in [1.54, 1.807) is 26.0 Å². The molecule has 24 heavy (non-hydrogen) atoms. The predicted molar refractivity (Wildman–Crippen MR) is 93.1 cm³/mol. The molecule has 2 aromatic rings. The van der Waals surface area contributed by atoms with Gasteiger partial charge in [0.2, 0.25) is 0 Å². The Morgan fingerprint density at radius 2 is 1.62 bits per heavy atom. The molecular formula is C16H16Cl2F3OPTi. The molecule has 0 saturated heterocycles. The van der Waals surface area contributed by atoms with Gasteiger partial charge in [-0.15, -0.1) is 0 Å². The van der Waals surface area contributed by atoms with Crippen LogP contribution in [0.1, 0.15) is 22.3 Å². The first-order chi connectivity index (χ1) is 11.1. The molecule has 0 spiro atoms. The van der Waals surface area contributed by atoms with Crippen LogP contribution in [0.2, 0.25) is 0 Å². The van der Waals surface area contributed by atoms with E-state index in [1.807, 2.05) is 13.0 Å². The van der Waals surface area contributed by atoms with Gasteiger partial charge in [-0.3, -0.25) is 0 Å². The fourth-order valence-corrected chi connectivity index (χ4v) is 3.78. The Kier molecular flexibility index (Phi) is 8.58. The van der Waals surface area contributed by atoms with Gasteiger partial charge in [0.25, 0.3) is 0 Å². The number of aryl methyl sites for hydroxylation is 3. The van der Waals surface area contributed by atoms with Crippen molar-refractivity contribution in [2.24, 2.45) is 0 Å². The quantitative estimate of drug-likeness (QED) is 0.503. The number of alkyl halides is 3. The second-order valence-electron chi connectivity index (χ2n) is 5.17. The van der Waals surface area contributed by atoms with Crippen molar-refractivity contribution >= 4 is 37.8 Å². The summed E-state index contributed by atoms with van der Waals surface area (Å²) in [7, 11) is 9.55. The summed E-state index contributed by atoms with van der Waals surface area (Å²) in [5.41, 5.74) is 1.57. The van der Waals surface area contributed by atoms with Crippen LogP contribution in [0.4, 0.5) is 13.2 Å². The maximum atomic E-state index is 13.1. The molecule has 0 aromatic heterocycles. The number of rotatable bonds is 2. The predicted octanol–water partition coefficient (Wildman–Crippen LogP) is 5.34. The van der Waals surface area contributed by atoms with Crippen molar-refractivity contribution < 1.29 is 35.3 Å². The first kappa shape index (κ1) is 21.8. The molecular weight excluding hydrogens is 415 g/mol. The third-order valence-corrected chi connectivity index (χ3v) is 4.85. The van der Waals surface area contributed by atoms with Gasteiger partial charge in [0.05, 0.1) is 5.56 Å². The van der Waals surface area contributed by atoms with E-state index in [2.05, 4.69) is 0 Å². The van der Waals surface area contributed by atoms with Crippen LogP contribution in [0.25, 0.3) is 0 Å². The van der Waals surface area contributed by atoms with E-state index < -0.39 is 28.8 Å². The Bertz CT molecular complexity index is 708. The Balaban J connectivity index is 0.000000891. The standard InChI is InChI=1S/C16H16F3OP.2ClH.Ti/c1-9-7-11(3)14(20)13(8-9)21-15-10(2)5-4-6-12(15)16(17,18)19;;;/h4-8,20-21H,1-3H3;2*1H;/q;;;+2/p-2. The van der Waals surface area contributed by atoms with Crippen molar-refractivity contribution in [2.45, 2.75) is 26.9 Å². The molecule has 1 N–H and O–H groups in total. The van der Waals surface area contributed by atoms with Crippen molar-refractivity contribution in [3.63, 3.8) is 0 Å². The number of phenolic OH excluding ortho intramolecular Hbond substituents is 1. The summed E-state index contributed by atoms with van der Waals surface area (Å²) in [5, 5.41) is 10.9. The van der Waals surface area contributed by atoms with Gasteiger partial charge in [-0.25, -0.2) is 0 Å². The van der Waals surface area contributed by atoms with E-state index in [4.69, 9.17) is 18.6 Å². The molecule has 0 amide bonds. The van der Waals surface area contributed by atoms with E-state index in [0.717, 1.165) is 11.6 Å². The fourth-order valence-electron chi connectivity index (χ4n) is 2.26. The number of benzene rings is 2. The number of phenols is 1. The molecule has 0 heterocycles. The first-order valence-corrected chi connectivity index (χ1v) is 12.1. The Hall–Kier alpha value is -0.246. The zero-order valence-corrected chi connectivity index (χ0v) is 17.3. The molecule has 0 aliphatic rings. The summed E-state index contributed by atoms with van der Waals surface area (Å²) in [6.07, 6.45) is -4.39. The van der Waals surface area contributed by atoms with Crippen molar-refractivity contribution in [3.05, 3.63) is 52.6 Å². The molecule has 2 rings (SSSR count). The molecule has 1 unspecified atom stereocenters. The topological polar surface area (TPSA) is 20.2 Å². The minimum absolute atomic E-state index is 0.0790. The molecule has 0 saturated carbocycles. The monoisotopic (exact) mass is 430 g/mol. The maximum absolute atomic E-state index is 13.1. The zero-order valence-electron chi connectivity index (χ0n) is 13.2. The molecule has 0 aliphatic heterocycles. The van der Waals surface area contributed by atoms with Crippen LogP contribution in [-0.2, 0) is 23.2 Å². The van der Waals surface area contributed by atoms with Crippen molar-refractivity contribution in [3.8, 4) is 5.75 Å². The number of halogens is 5. The van der Waals surface area contributed by atoms with Gasteiger partial charge < -0.3 is 5.11 Å². The Morgan fingerprint density at radius 3 is 2.17 bits per heavy atom. The van der Waals surface area contributed by atoms with Crippen LogP contribution in [0.5, 0.6) is 5.75 Å². The van der Waals surface area contributed by atoms with Gasteiger partial charge in [0.1, 0.15) is 5.75 Å². The SMILES string of the molecule is Cc1cc(C)c(O)c(Pc2c(C)cccc2C(F)(F)F)c1.[Cl][Ti][Cl]. The molecule has 1 nitrogen and oxygen atoms in total. The molecule has 0 aliphatic carbocycles.